The largest absolute Gasteiger partial charge is 0.324 e. The van der Waals surface area contributed by atoms with Gasteiger partial charge >= 0.3 is 0 Å². The molecule has 0 atom stereocenters. The third-order valence-electron chi connectivity index (χ3n) is 6.37. The summed E-state index contributed by atoms with van der Waals surface area (Å²) < 4.78 is 0. The minimum atomic E-state index is -0.186. The summed E-state index contributed by atoms with van der Waals surface area (Å²) in [5.74, 6) is 2.91. The highest BCUT2D eigenvalue weighted by Crippen LogP contribution is 2.60. The van der Waals surface area contributed by atoms with Gasteiger partial charge in [-0.25, -0.2) is 4.98 Å². The molecule has 0 spiro atoms. The Balaban J connectivity index is 1.28. The molecule has 0 radical (unpaired) electrons. The normalized spacial score (nSPS) is 32.7. The zero-order chi connectivity index (χ0) is 17.0. The minimum Gasteiger partial charge on any atom is -0.324 e. The number of hydrogen-bond donors (Lipinski definition) is 3. The molecule has 5 nitrogen and oxygen atoms in total. The number of carbonyl (C=O) groups excluding carboxylic acids is 1. The van der Waals surface area contributed by atoms with Crippen molar-refractivity contribution >= 4 is 40.2 Å². The number of nitrogens with zero attached hydrogens (tertiary/aromatic N) is 1. The Hall–Kier alpha value is -1.95. The van der Waals surface area contributed by atoms with E-state index in [9.17, 15) is 4.79 Å². The van der Waals surface area contributed by atoms with Crippen LogP contribution in [0, 0.1) is 23.2 Å². The lowest BCUT2D eigenvalue weighted by atomic mass is 9.49. The van der Waals surface area contributed by atoms with Crippen molar-refractivity contribution in [1.29, 1.82) is 0 Å². The van der Waals surface area contributed by atoms with Gasteiger partial charge in [-0.3, -0.25) is 4.79 Å². The standard InChI is InChI=1S/C19H22N4OS/c24-16(19-8-11-5-12(9-19)7-13(6-11)10-19)22-18(25)23-17-20-14-3-1-2-4-15(14)21-17/h1-4,11-13H,5-10H2,(H3,20,21,22,23,24,25). The summed E-state index contributed by atoms with van der Waals surface area (Å²) >= 11 is 5.37. The van der Waals surface area contributed by atoms with E-state index in [2.05, 4.69) is 20.6 Å². The van der Waals surface area contributed by atoms with Crippen LogP contribution in [-0.4, -0.2) is 21.0 Å². The number of benzene rings is 1. The molecule has 1 amide bonds. The predicted molar refractivity (Wildman–Crippen MR) is 101 cm³/mol. The Kier molecular flexibility index (Phi) is 3.39. The Bertz CT molecular complexity index is 790. The Morgan fingerprint density at radius 2 is 1.76 bits per heavy atom. The van der Waals surface area contributed by atoms with Gasteiger partial charge in [0.05, 0.1) is 16.4 Å². The molecule has 4 bridgehead atoms. The highest BCUT2D eigenvalue weighted by molar-refractivity contribution is 7.80. The van der Waals surface area contributed by atoms with Crippen molar-refractivity contribution in [2.24, 2.45) is 23.2 Å². The number of hydrogen-bond acceptors (Lipinski definition) is 3. The molecule has 0 unspecified atom stereocenters. The van der Waals surface area contributed by atoms with Crippen LogP contribution in [0.1, 0.15) is 38.5 Å². The van der Waals surface area contributed by atoms with Crippen molar-refractivity contribution < 1.29 is 4.79 Å². The lowest BCUT2D eigenvalue weighted by Gasteiger charge is -2.55. The fourth-order valence-corrected chi connectivity index (χ4v) is 5.96. The molecule has 4 saturated carbocycles. The average molecular weight is 354 g/mol. The third kappa shape index (κ3) is 2.63. The third-order valence-corrected chi connectivity index (χ3v) is 6.57. The first-order valence-corrected chi connectivity index (χ1v) is 9.58. The van der Waals surface area contributed by atoms with E-state index < -0.39 is 0 Å². The van der Waals surface area contributed by atoms with E-state index in [0.717, 1.165) is 48.0 Å². The number of rotatable bonds is 2. The van der Waals surface area contributed by atoms with Gasteiger partial charge in [0.2, 0.25) is 11.9 Å². The fourth-order valence-electron chi connectivity index (χ4n) is 5.78. The molecule has 4 aliphatic rings. The minimum absolute atomic E-state index is 0.111. The molecule has 2 aromatic rings. The number of aromatic amines is 1. The second kappa shape index (κ2) is 5.53. The number of H-pyrrole nitrogens is 1. The van der Waals surface area contributed by atoms with E-state index in [0.29, 0.717) is 11.1 Å². The first-order valence-electron chi connectivity index (χ1n) is 9.17. The van der Waals surface area contributed by atoms with Crippen molar-refractivity contribution in [3.05, 3.63) is 24.3 Å². The molecule has 0 saturated heterocycles. The van der Waals surface area contributed by atoms with Gasteiger partial charge in [0, 0.05) is 0 Å². The van der Waals surface area contributed by atoms with Gasteiger partial charge < -0.3 is 15.6 Å². The van der Waals surface area contributed by atoms with Gasteiger partial charge in [-0.05, 0) is 80.6 Å². The van der Waals surface area contributed by atoms with Crippen LogP contribution in [0.2, 0.25) is 0 Å². The highest BCUT2D eigenvalue weighted by atomic mass is 32.1. The van der Waals surface area contributed by atoms with Gasteiger partial charge in [0.25, 0.3) is 0 Å². The van der Waals surface area contributed by atoms with Crippen molar-refractivity contribution in [1.82, 2.24) is 15.3 Å². The smallest absolute Gasteiger partial charge is 0.232 e. The van der Waals surface area contributed by atoms with Crippen LogP contribution >= 0.6 is 12.2 Å². The van der Waals surface area contributed by atoms with E-state index in [4.69, 9.17) is 12.2 Å². The van der Waals surface area contributed by atoms with Crippen LogP contribution in [0.4, 0.5) is 5.95 Å². The van der Waals surface area contributed by atoms with Gasteiger partial charge in [0.1, 0.15) is 0 Å². The van der Waals surface area contributed by atoms with Crippen LogP contribution in [0.25, 0.3) is 11.0 Å². The van der Waals surface area contributed by atoms with Gasteiger partial charge in [0.15, 0.2) is 5.11 Å². The summed E-state index contributed by atoms with van der Waals surface area (Å²) in [6, 6.07) is 7.80. The number of anilines is 1. The number of thiocarbonyl (C=S) groups is 1. The fraction of sp³-hybridized carbons (Fsp3) is 0.526. The van der Waals surface area contributed by atoms with Crippen molar-refractivity contribution in [2.45, 2.75) is 38.5 Å². The van der Waals surface area contributed by atoms with Crippen molar-refractivity contribution in [2.75, 3.05) is 5.32 Å². The summed E-state index contributed by atoms with van der Waals surface area (Å²) in [5, 5.41) is 6.31. The number of para-hydroxylation sites is 2. The molecule has 25 heavy (non-hydrogen) atoms. The molecule has 3 N–H and O–H groups in total. The van der Waals surface area contributed by atoms with Crippen LogP contribution in [0.5, 0.6) is 0 Å². The molecule has 6 heteroatoms. The summed E-state index contributed by atoms with van der Waals surface area (Å²) in [7, 11) is 0. The molecular weight excluding hydrogens is 332 g/mol. The molecule has 1 aromatic heterocycles. The highest BCUT2D eigenvalue weighted by Gasteiger charge is 2.54. The lowest BCUT2D eigenvalue weighted by molar-refractivity contribution is -0.144. The monoisotopic (exact) mass is 354 g/mol. The Morgan fingerprint density at radius 1 is 1.12 bits per heavy atom. The maximum absolute atomic E-state index is 13.0. The average Bonchev–Trinajstić information content (AvgIpc) is 2.95. The lowest BCUT2D eigenvalue weighted by Crippen LogP contribution is -2.55. The maximum atomic E-state index is 13.0. The second-order valence-corrected chi connectivity index (χ2v) is 8.62. The van der Waals surface area contributed by atoms with E-state index in [1.807, 2.05) is 24.3 Å². The summed E-state index contributed by atoms with van der Waals surface area (Å²) in [6.07, 6.45) is 7.10. The molecule has 4 fully saturated rings. The Morgan fingerprint density at radius 3 is 2.40 bits per heavy atom. The summed E-state index contributed by atoms with van der Waals surface area (Å²) in [6.45, 7) is 0. The SMILES string of the molecule is O=C(NC(=S)Nc1nc2ccccc2[nH]1)C12CC3CC(CC(C3)C1)C2. The van der Waals surface area contributed by atoms with Crippen LogP contribution in [0.15, 0.2) is 24.3 Å². The molecule has 0 aliphatic heterocycles. The predicted octanol–water partition coefficient (Wildman–Crippen LogP) is 3.59. The van der Waals surface area contributed by atoms with Crippen molar-refractivity contribution in [3.8, 4) is 0 Å². The molecule has 4 aliphatic carbocycles. The van der Waals surface area contributed by atoms with E-state index in [-0.39, 0.29) is 11.3 Å². The number of fused-ring (bicyclic) bond motifs is 1. The summed E-state index contributed by atoms with van der Waals surface area (Å²) in [5.41, 5.74) is 1.63. The molecule has 130 valence electrons. The number of imidazole rings is 1. The zero-order valence-corrected chi connectivity index (χ0v) is 14.9. The van der Waals surface area contributed by atoms with Gasteiger partial charge in [-0.15, -0.1) is 0 Å². The Labute approximate surface area is 152 Å². The van der Waals surface area contributed by atoms with Crippen LogP contribution < -0.4 is 10.6 Å². The van der Waals surface area contributed by atoms with E-state index in [1.54, 1.807) is 0 Å². The molecular formula is C19H22N4OS. The summed E-state index contributed by atoms with van der Waals surface area (Å²) in [4.78, 5) is 20.6. The van der Waals surface area contributed by atoms with Crippen molar-refractivity contribution in [3.63, 3.8) is 0 Å². The van der Waals surface area contributed by atoms with E-state index >= 15 is 0 Å². The van der Waals surface area contributed by atoms with Gasteiger partial charge in [-0.1, -0.05) is 12.1 Å². The number of aromatic nitrogens is 2. The van der Waals surface area contributed by atoms with E-state index in [1.165, 1.54) is 19.3 Å². The number of nitrogens with one attached hydrogen (secondary N) is 3. The van der Waals surface area contributed by atoms with Crippen LogP contribution in [0.3, 0.4) is 0 Å². The maximum Gasteiger partial charge on any atom is 0.232 e. The molecule has 1 heterocycles. The number of carbonyl (C=O) groups is 1. The first-order chi connectivity index (χ1) is 12.1. The topological polar surface area (TPSA) is 69.8 Å². The molecule has 1 aromatic carbocycles. The quantitative estimate of drug-likeness (QED) is 0.721. The van der Waals surface area contributed by atoms with Gasteiger partial charge in [-0.2, -0.15) is 0 Å². The first kappa shape index (κ1) is 15.3. The number of amides is 1. The van der Waals surface area contributed by atoms with Crippen LogP contribution in [-0.2, 0) is 4.79 Å². The second-order valence-electron chi connectivity index (χ2n) is 8.21. The molecule has 6 rings (SSSR count). The zero-order valence-electron chi connectivity index (χ0n) is 14.0.